The fourth-order valence-electron chi connectivity index (χ4n) is 1.58. The molecule has 0 saturated carbocycles. The molecule has 0 aromatic heterocycles. The zero-order valence-electron chi connectivity index (χ0n) is 10.2. The molecule has 0 aliphatic rings. The Hall–Kier alpha value is -2.18. The molecule has 0 unspecified atom stereocenters. The fourth-order valence-corrected chi connectivity index (χ4v) is 2.13. The summed E-state index contributed by atoms with van der Waals surface area (Å²) in [6.07, 6.45) is 0.290. The summed E-state index contributed by atoms with van der Waals surface area (Å²) in [5.41, 5.74) is -0.616. The van der Waals surface area contributed by atoms with Crippen LogP contribution in [0.4, 0.5) is 10.1 Å². The molecule has 0 aliphatic carbocycles. The van der Waals surface area contributed by atoms with Gasteiger partial charge in [-0.2, -0.15) is 0 Å². The maximum absolute atomic E-state index is 13.5. The molecular weight excluding hydrogens is 324 g/mol. The molecule has 0 fully saturated rings. The number of nitro groups is 1. The van der Waals surface area contributed by atoms with Crippen LogP contribution in [0.2, 0.25) is 10.0 Å². The summed E-state index contributed by atoms with van der Waals surface area (Å²) in [6, 6.07) is 5.87. The van der Waals surface area contributed by atoms with Crippen LogP contribution < -0.4 is 4.74 Å². The second kappa shape index (κ2) is 6.07. The first-order valence-electron chi connectivity index (χ1n) is 5.49. The van der Waals surface area contributed by atoms with Crippen molar-refractivity contribution in [3.8, 4) is 11.5 Å². The molecule has 108 valence electrons. The van der Waals surface area contributed by atoms with Crippen LogP contribution in [0.15, 0.2) is 30.3 Å². The van der Waals surface area contributed by atoms with Crippen LogP contribution in [-0.4, -0.2) is 11.2 Å². The van der Waals surface area contributed by atoms with Crippen molar-refractivity contribution in [1.29, 1.82) is 0 Å². The summed E-state index contributed by atoms with van der Waals surface area (Å²) in [5.74, 6) is -0.961. The average Bonchev–Trinajstić information content (AvgIpc) is 2.42. The molecule has 0 aliphatic heterocycles. The van der Waals surface area contributed by atoms with E-state index >= 15 is 0 Å². The van der Waals surface area contributed by atoms with Crippen molar-refractivity contribution in [2.75, 3.05) is 0 Å². The highest BCUT2D eigenvalue weighted by Crippen LogP contribution is 2.40. The van der Waals surface area contributed by atoms with E-state index in [0.29, 0.717) is 0 Å². The Labute approximate surface area is 128 Å². The van der Waals surface area contributed by atoms with Gasteiger partial charge in [-0.3, -0.25) is 14.9 Å². The van der Waals surface area contributed by atoms with Crippen LogP contribution in [0.25, 0.3) is 0 Å². The molecule has 0 saturated heterocycles. The van der Waals surface area contributed by atoms with Crippen molar-refractivity contribution in [3.63, 3.8) is 0 Å². The van der Waals surface area contributed by atoms with Gasteiger partial charge in [-0.15, -0.1) is 0 Å². The predicted molar refractivity (Wildman–Crippen MR) is 75.0 cm³/mol. The van der Waals surface area contributed by atoms with Crippen LogP contribution in [-0.2, 0) is 0 Å². The van der Waals surface area contributed by atoms with E-state index in [1.54, 1.807) is 0 Å². The number of carbonyl (C=O) groups is 1. The van der Waals surface area contributed by atoms with Crippen LogP contribution in [0.3, 0.4) is 0 Å². The Kier molecular flexibility index (Phi) is 4.40. The van der Waals surface area contributed by atoms with Gasteiger partial charge >= 0.3 is 0 Å². The van der Waals surface area contributed by atoms with Crippen molar-refractivity contribution in [3.05, 3.63) is 61.9 Å². The summed E-state index contributed by atoms with van der Waals surface area (Å²) in [4.78, 5) is 20.9. The minimum Gasteiger partial charge on any atom is -0.453 e. The number of ether oxygens (including phenoxy) is 1. The van der Waals surface area contributed by atoms with E-state index in [2.05, 4.69) is 0 Å². The van der Waals surface area contributed by atoms with E-state index in [4.69, 9.17) is 27.9 Å². The largest absolute Gasteiger partial charge is 0.453 e. The van der Waals surface area contributed by atoms with E-state index < -0.39 is 10.7 Å². The zero-order valence-corrected chi connectivity index (χ0v) is 11.7. The Morgan fingerprint density at radius 1 is 1.24 bits per heavy atom. The topological polar surface area (TPSA) is 69.4 Å². The van der Waals surface area contributed by atoms with E-state index in [0.717, 1.165) is 18.2 Å². The van der Waals surface area contributed by atoms with E-state index in [1.807, 2.05) is 0 Å². The van der Waals surface area contributed by atoms with Gasteiger partial charge in [0.25, 0.3) is 5.69 Å². The van der Waals surface area contributed by atoms with Crippen molar-refractivity contribution in [1.82, 2.24) is 0 Å². The van der Waals surface area contributed by atoms with Gasteiger partial charge in [0.05, 0.1) is 20.5 Å². The van der Waals surface area contributed by atoms with Gasteiger partial charge in [-0.25, -0.2) is 4.39 Å². The van der Waals surface area contributed by atoms with Crippen molar-refractivity contribution in [2.45, 2.75) is 0 Å². The summed E-state index contributed by atoms with van der Waals surface area (Å²) < 4.78 is 18.8. The number of halogens is 3. The number of hydrogen-bond donors (Lipinski definition) is 0. The van der Waals surface area contributed by atoms with Gasteiger partial charge in [0, 0.05) is 12.1 Å². The van der Waals surface area contributed by atoms with Crippen molar-refractivity contribution in [2.24, 2.45) is 0 Å². The third-order valence-corrected chi connectivity index (χ3v) is 3.10. The highest BCUT2D eigenvalue weighted by molar-refractivity contribution is 6.37. The Balaban J connectivity index is 2.48. The minimum atomic E-state index is -0.767. The molecule has 5 nitrogen and oxygen atoms in total. The van der Waals surface area contributed by atoms with Crippen LogP contribution in [0.5, 0.6) is 11.5 Å². The quantitative estimate of drug-likeness (QED) is 0.465. The van der Waals surface area contributed by atoms with E-state index in [9.17, 15) is 19.3 Å². The van der Waals surface area contributed by atoms with Gasteiger partial charge < -0.3 is 4.74 Å². The lowest BCUT2D eigenvalue weighted by Crippen LogP contribution is -1.96. The smallest absolute Gasteiger partial charge is 0.272 e. The van der Waals surface area contributed by atoms with E-state index in [1.165, 1.54) is 12.1 Å². The Morgan fingerprint density at radius 3 is 2.38 bits per heavy atom. The molecule has 21 heavy (non-hydrogen) atoms. The van der Waals surface area contributed by atoms with E-state index in [-0.39, 0.29) is 39.1 Å². The van der Waals surface area contributed by atoms with Gasteiger partial charge in [0.15, 0.2) is 12.0 Å². The summed E-state index contributed by atoms with van der Waals surface area (Å²) >= 11 is 11.7. The van der Waals surface area contributed by atoms with Gasteiger partial charge in [0.2, 0.25) is 0 Å². The van der Waals surface area contributed by atoms with Gasteiger partial charge in [-0.05, 0) is 12.1 Å². The number of non-ortho nitro benzene ring substituents is 1. The molecule has 0 bridgehead atoms. The van der Waals surface area contributed by atoms with Crippen molar-refractivity contribution >= 4 is 35.2 Å². The van der Waals surface area contributed by atoms with Crippen LogP contribution >= 0.6 is 23.2 Å². The first kappa shape index (κ1) is 15.2. The van der Waals surface area contributed by atoms with Crippen LogP contribution in [0, 0.1) is 15.9 Å². The molecule has 0 radical (unpaired) electrons. The Morgan fingerprint density at radius 2 is 1.86 bits per heavy atom. The molecule has 0 atom stereocenters. The summed E-state index contributed by atoms with van der Waals surface area (Å²) in [5, 5.41) is 10.4. The monoisotopic (exact) mass is 329 g/mol. The maximum Gasteiger partial charge on any atom is 0.272 e. The van der Waals surface area contributed by atoms with Crippen molar-refractivity contribution < 1.29 is 18.8 Å². The second-order valence-electron chi connectivity index (χ2n) is 3.87. The minimum absolute atomic E-state index is 0.0948. The highest BCUT2D eigenvalue weighted by Gasteiger charge is 2.18. The van der Waals surface area contributed by atoms with Gasteiger partial charge in [-0.1, -0.05) is 29.3 Å². The molecule has 0 amide bonds. The zero-order chi connectivity index (χ0) is 15.6. The number of rotatable bonds is 4. The number of benzene rings is 2. The number of nitro benzene ring substituents is 1. The molecular formula is C13H6Cl2FNO4. The Bertz CT molecular complexity index is 713. The van der Waals surface area contributed by atoms with Crippen LogP contribution in [0.1, 0.15) is 10.4 Å². The fraction of sp³-hybridized carbons (Fsp3) is 0. The molecule has 0 heterocycles. The average molecular weight is 330 g/mol. The molecule has 8 heteroatoms. The number of aldehydes is 1. The first-order valence-corrected chi connectivity index (χ1v) is 6.24. The summed E-state index contributed by atoms with van der Waals surface area (Å²) in [6.45, 7) is 0. The standard InChI is InChI=1S/C13H6Cl2FNO4/c14-9-4-7(17(19)20)5-10(15)13(9)21-12-3-1-2-11(16)8(12)6-18/h1-6H. The first-order chi connectivity index (χ1) is 9.93. The molecule has 2 aromatic rings. The third-order valence-electron chi connectivity index (χ3n) is 2.54. The third kappa shape index (κ3) is 3.12. The maximum atomic E-state index is 13.5. The predicted octanol–water partition coefficient (Wildman–Crippen LogP) is 4.65. The SMILES string of the molecule is O=Cc1c(F)cccc1Oc1c(Cl)cc([N+](=O)[O-])cc1Cl. The number of hydrogen-bond acceptors (Lipinski definition) is 4. The molecule has 0 spiro atoms. The van der Waals surface area contributed by atoms with Gasteiger partial charge in [0.1, 0.15) is 11.6 Å². The summed E-state index contributed by atoms with van der Waals surface area (Å²) in [7, 11) is 0. The lowest BCUT2D eigenvalue weighted by atomic mass is 10.2. The lowest BCUT2D eigenvalue weighted by molar-refractivity contribution is -0.384. The number of carbonyl (C=O) groups excluding carboxylic acids is 1. The normalized spacial score (nSPS) is 10.2. The lowest BCUT2D eigenvalue weighted by Gasteiger charge is -2.11. The molecule has 2 rings (SSSR count). The second-order valence-corrected chi connectivity index (χ2v) is 4.68. The molecule has 0 N–H and O–H groups in total. The molecule has 2 aromatic carbocycles. The highest BCUT2D eigenvalue weighted by atomic mass is 35.5. The number of nitrogens with zero attached hydrogens (tertiary/aromatic N) is 1.